The molecule has 0 bridgehead atoms. The number of para-hydroxylation sites is 1. The lowest BCUT2D eigenvalue weighted by atomic mass is 10.2. The third kappa shape index (κ3) is 3.01. The molecule has 18 heavy (non-hydrogen) atoms. The molecule has 1 aromatic rings. The van der Waals surface area contributed by atoms with Crippen molar-refractivity contribution in [3.05, 3.63) is 29.8 Å². The van der Waals surface area contributed by atoms with E-state index in [1.807, 2.05) is 0 Å². The lowest BCUT2D eigenvalue weighted by Gasteiger charge is -2.19. The molecule has 4 nitrogen and oxygen atoms in total. The first-order valence-corrected chi connectivity index (χ1v) is 6.54. The number of benzene rings is 1. The molecule has 3 N–H and O–H groups in total. The van der Waals surface area contributed by atoms with E-state index < -0.39 is 6.04 Å². The van der Waals surface area contributed by atoms with Crippen LogP contribution in [0.4, 0.5) is 5.69 Å². The fourth-order valence-corrected chi connectivity index (χ4v) is 2.28. The molecule has 1 amide bonds. The van der Waals surface area contributed by atoms with E-state index in [0.717, 1.165) is 25.9 Å². The number of anilines is 1. The van der Waals surface area contributed by atoms with E-state index in [0.29, 0.717) is 6.54 Å². The minimum atomic E-state index is -0.419. The second-order valence-corrected chi connectivity index (χ2v) is 4.80. The zero-order chi connectivity index (χ0) is 13.0. The number of nitrogens with two attached hydrogens (primary N) is 1. The number of nitrogens with zero attached hydrogens (tertiary/aromatic N) is 1. The first kappa shape index (κ1) is 12.9. The zero-order valence-corrected chi connectivity index (χ0v) is 10.9. The van der Waals surface area contributed by atoms with Crippen molar-refractivity contribution in [3.8, 4) is 0 Å². The largest absolute Gasteiger partial charge is 0.371 e. The number of rotatable bonds is 5. The number of fused-ring (bicyclic) bond motifs is 1. The SMILES string of the molecule is C[C@@H](N)C(=O)NCCCN1CCc2ccccc21. The van der Waals surface area contributed by atoms with Crippen LogP contribution < -0.4 is 16.0 Å². The molecule has 0 saturated heterocycles. The number of amides is 1. The predicted octanol–water partition coefficient (Wildman–Crippen LogP) is 0.903. The van der Waals surface area contributed by atoms with Crippen LogP contribution in [0, 0.1) is 0 Å². The number of carbonyl (C=O) groups excluding carboxylic acids is 1. The molecule has 98 valence electrons. The lowest BCUT2D eigenvalue weighted by Crippen LogP contribution is -2.39. The number of carbonyl (C=O) groups is 1. The minimum Gasteiger partial charge on any atom is -0.371 e. The Hall–Kier alpha value is -1.55. The van der Waals surface area contributed by atoms with Crippen molar-refractivity contribution >= 4 is 11.6 Å². The van der Waals surface area contributed by atoms with Gasteiger partial charge in [-0.05, 0) is 31.4 Å². The van der Waals surface area contributed by atoms with Gasteiger partial charge in [-0.1, -0.05) is 18.2 Å². The van der Waals surface area contributed by atoms with Crippen molar-refractivity contribution in [1.82, 2.24) is 5.32 Å². The summed E-state index contributed by atoms with van der Waals surface area (Å²) in [7, 11) is 0. The minimum absolute atomic E-state index is 0.0724. The van der Waals surface area contributed by atoms with Crippen molar-refractivity contribution in [1.29, 1.82) is 0 Å². The summed E-state index contributed by atoms with van der Waals surface area (Å²) < 4.78 is 0. The summed E-state index contributed by atoms with van der Waals surface area (Å²) >= 11 is 0. The van der Waals surface area contributed by atoms with Gasteiger partial charge in [0.2, 0.25) is 5.91 Å². The van der Waals surface area contributed by atoms with Gasteiger partial charge in [0.25, 0.3) is 0 Å². The van der Waals surface area contributed by atoms with Crippen LogP contribution in [0.5, 0.6) is 0 Å². The molecule has 2 rings (SSSR count). The van der Waals surface area contributed by atoms with Crippen molar-refractivity contribution in [2.24, 2.45) is 5.73 Å². The summed E-state index contributed by atoms with van der Waals surface area (Å²) in [5.41, 5.74) is 8.25. The summed E-state index contributed by atoms with van der Waals surface area (Å²) in [6.45, 7) is 4.46. The van der Waals surface area contributed by atoms with E-state index in [1.54, 1.807) is 6.92 Å². The van der Waals surface area contributed by atoms with Crippen LogP contribution in [0.25, 0.3) is 0 Å². The maximum Gasteiger partial charge on any atom is 0.236 e. The normalized spacial score (nSPS) is 15.3. The molecule has 4 heteroatoms. The Morgan fingerprint density at radius 1 is 1.50 bits per heavy atom. The first-order chi connectivity index (χ1) is 8.68. The molecule has 1 heterocycles. The third-order valence-corrected chi connectivity index (χ3v) is 3.30. The van der Waals surface area contributed by atoms with Gasteiger partial charge in [-0.15, -0.1) is 0 Å². The fraction of sp³-hybridized carbons (Fsp3) is 0.500. The topological polar surface area (TPSA) is 58.4 Å². The van der Waals surface area contributed by atoms with Gasteiger partial charge in [0.05, 0.1) is 6.04 Å². The molecule has 0 aromatic heterocycles. The molecule has 1 aliphatic heterocycles. The van der Waals surface area contributed by atoms with Gasteiger partial charge >= 0.3 is 0 Å². The fourth-order valence-electron chi connectivity index (χ4n) is 2.28. The quantitative estimate of drug-likeness (QED) is 0.760. The van der Waals surface area contributed by atoms with Gasteiger partial charge < -0.3 is 16.0 Å². The third-order valence-electron chi connectivity index (χ3n) is 3.30. The highest BCUT2D eigenvalue weighted by Crippen LogP contribution is 2.27. The summed E-state index contributed by atoms with van der Waals surface area (Å²) in [4.78, 5) is 13.7. The van der Waals surface area contributed by atoms with Crippen LogP contribution in [0.15, 0.2) is 24.3 Å². The van der Waals surface area contributed by atoms with E-state index in [2.05, 4.69) is 34.5 Å². The highest BCUT2D eigenvalue weighted by atomic mass is 16.2. The molecule has 0 fully saturated rings. The van der Waals surface area contributed by atoms with E-state index in [9.17, 15) is 4.79 Å². The Balaban J connectivity index is 1.74. The van der Waals surface area contributed by atoms with Crippen LogP contribution in [-0.4, -0.2) is 31.6 Å². The first-order valence-electron chi connectivity index (χ1n) is 6.54. The maximum absolute atomic E-state index is 11.3. The Morgan fingerprint density at radius 2 is 2.28 bits per heavy atom. The molecular formula is C14H21N3O. The van der Waals surface area contributed by atoms with Gasteiger partial charge in [-0.3, -0.25) is 4.79 Å². The Morgan fingerprint density at radius 3 is 3.06 bits per heavy atom. The molecule has 0 saturated carbocycles. The molecule has 0 aliphatic carbocycles. The van der Waals surface area contributed by atoms with Crippen LogP contribution >= 0.6 is 0 Å². The van der Waals surface area contributed by atoms with Gasteiger partial charge in [-0.25, -0.2) is 0 Å². The second kappa shape index (κ2) is 5.87. The summed E-state index contributed by atoms with van der Waals surface area (Å²) in [6, 6.07) is 8.11. The van der Waals surface area contributed by atoms with E-state index in [1.165, 1.54) is 11.3 Å². The zero-order valence-electron chi connectivity index (χ0n) is 10.9. The number of hydrogen-bond acceptors (Lipinski definition) is 3. The maximum atomic E-state index is 11.3. The second-order valence-electron chi connectivity index (χ2n) is 4.80. The molecule has 1 atom stereocenters. The molecule has 0 spiro atoms. The molecule has 1 aromatic carbocycles. The highest BCUT2D eigenvalue weighted by molar-refractivity contribution is 5.80. The average Bonchev–Trinajstić information content (AvgIpc) is 2.77. The van der Waals surface area contributed by atoms with Crippen molar-refractivity contribution in [2.75, 3.05) is 24.5 Å². The van der Waals surface area contributed by atoms with Gasteiger partial charge in [0.15, 0.2) is 0 Å². The number of hydrogen-bond donors (Lipinski definition) is 2. The average molecular weight is 247 g/mol. The standard InChI is InChI=1S/C14H21N3O/c1-11(15)14(18)16-8-4-9-17-10-7-12-5-2-3-6-13(12)17/h2-3,5-6,11H,4,7-10,15H2,1H3,(H,16,18)/t11-/m1/s1. The Labute approximate surface area is 108 Å². The summed E-state index contributed by atoms with van der Waals surface area (Å²) in [6.07, 6.45) is 2.08. The predicted molar refractivity (Wildman–Crippen MR) is 73.6 cm³/mol. The van der Waals surface area contributed by atoms with Gasteiger partial charge in [-0.2, -0.15) is 0 Å². The number of nitrogens with one attached hydrogen (secondary N) is 1. The lowest BCUT2D eigenvalue weighted by molar-refractivity contribution is -0.121. The van der Waals surface area contributed by atoms with E-state index in [4.69, 9.17) is 5.73 Å². The Bertz CT molecular complexity index is 417. The summed E-state index contributed by atoms with van der Waals surface area (Å²) in [5.74, 6) is -0.0724. The van der Waals surface area contributed by atoms with Crippen molar-refractivity contribution in [3.63, 3.8) is 0 Å². The van der Waals surface area contributed by atoms with E-state index >= 15 is 0 Å². The van der Waals surface area contributed by atoms with Crippen LogP contribution in [0.2, 0.25) is 0 Å². The van der Waals surface area contributed by atoms with Crippen LogP contribution in [0.1, 0.15) is 18.9 Å². The molecule has 1 aliphatic rings. The van der Waals surface area contributed by atoms with Crippen LogP contribution in [-0.2, 0) is 11.2 Å². The highest BCUT2D eigenvalue weighted by Gasteiger charge is 2.17. The monoisotopic (exact) mass is 247 g/mol. The van der Waals surface area contributed by atoms with Crippen molar-refractivity contribution < 1.29 is 4.79 Å². The van der Waals surface area contributed by atoms with Gasteiger partial charge in [0, 0.05) is 25.3 Å². The summed E-state index contributed by atoms with van der Waals surface area (Å²) in [5, 5.41) is 2.84. The molecular weight excluding hydrogens is 226 g/mol. The molecule has 0 unspecified atom stereocenters. The molecule has 0 radical (unpaired) electrons. The van der Waals surface area contributed by atoms with E-state index in [-0.39, 0.29) is 5.91 Å². The van der Waals surface area contributed by atoms with Gasteiger partial charge in [0.1, 0.15) is 0 Å². The van der Waals surface area contributed by atoms with Crippen LogP contribution in [0.3, 0.4) is 0 Å². The van der Waals surface area contributed by atoms with Crippen molar-refractivity contribution in [2.45, 2.75) is 25.8 Å². The Kier molecular flexibility index (Phi) is 4.20. The smallest absolute Gasteiger partial charge is 0.236 e.